The van der Waals surface area contributed by atoms with Gasteiger partial charge in [0.05, 0.1) is 11.3 Å². The molecule has 2 rings (SSSR count). The number of hydrogen-bond acceptors (Lipinski definition) is 1. The Morgan fingerprint density at radius 2 is 1.80 bits per heavy atom. The number of carbonyl (C=O) groups is 1. The minimum atomic E-state index is -0.872. The second-order valence-corrected chi connectivity index (χ2v) is 5.97. The van der Waals surface area contributed by atoms with E-state index in [1.807, 2.05) is 0 Å². The van der Waals surface area contributed by atoms with Gasteiger partial charge in [-0.1, -0.05) is 11.6 Å². The van der Waals surface area contributed by atoms with Gasteiger partial charge in [0.15, 0.2) is 5.82 Å². The molecule has 104 valence electrons. The Morgan fingerprint density at radius 1 is 1.10 bits per heavy atom. The van der Waals surface area contributed by atoms with Crippen LogP contribution >= 0.6 is 43.5 Å². The van der Waals surface area contributed by atoms with E-state index >= 15 is 0 Å². The van der Waals surface area contributed by atoms with Crippen LogP contribution in [0, 0.1) is 11.6 Å². The Bertz CT molecular complexity index is 671. The normalized spacial score (nSPS) is 10.4. The van der Waals surface area contributed by atoms with E-state index in [0.29, 0.717) is 15.6 Å². The lowest BCUT2D eigenvalue weighted by Gasteiger charge is -2.10. The number of benzene rings is 2. The van der Waals surface area contributed by atoms with Crippen LogP contribution in [0.15, 0.2) is 39.3 Å². The highest BCUT2D eigenvalue weighted by Gasteiger charge is 2.16. The molecule has 0 aliphatic heterocycles. The number of hydrogen-bond donors (Lipinski definition) is 1. The first-order valence-corrected chi connectivity index (χ1v) is 7.26. The van der Waals surface area contributed by atoms with Crippen LogP contribution in [-0.2, 0) is 0 Å². The lowest BCUT2D eigenvalue weighted by Crippen LogP contribution is -2.14. The predicted molar refractivity (Wildman–Crippen MR) is 81.2 cm³/mol. The lowest BCUT2D eigenvalue weighted by molar-refractivity contribution is 0.102. The third kappa shape index (κ3) is 3.37. The van der Waals surface area contributed by atoms with Crippen molar-refractivity contribution in [2.45, 2.75) is 0 Å². The van der Waals surface area contributed by atoms with E-state index in [1.54, 1.807) is 12.1 Å². The molecule has 0 saturated heterocycles. The summed E-state index contributed by atoms with van der Waals surface area (Å²) in [5.74, 6) is -2.18. The van der Waals surface area contributed by atoms with Crippen molar-refractivity contribution in [2.75, 3.05) is 5.32 Å². The van der Waals surface area contributed by atoms with Gasteiger partial charge in [-0.3, -0.25) is 4.79 Å². The molecule has 0 atom stereocenters. The number of nitrogens with one attached hydrogen (secondary N) is 1. The first-order valence-electron chi connectivity index (χ1n) is 5.29. The van der Waals surface area contributed by atoms with Gasteiger partial charge < -0.3 is 5.32 Å². The highest BCUT2D eigenvalue weighted by molar-refractivity contribution is 9.11. The van der Waals surface area contributed by atoms with Gasteiger partial charge in [-0.05, 0) is 56.1 Å². The van der Waals surface area contributed by atoms with Crippen LogP contribution in [0.3, 0.4) is 0 Å². The lowest BCUT2D eigenvalue weighted by atomic mass is 10.2. The SMILES string of the molecule is O=C(Nc1c(F)cc(F)cc1Br)c1cc(Cl)ccc1Br. The average Bonchev–Trinajstić information content (AvgIpc) is 2.36. The van der Waals surface area contributed by atoms with Crippen molar-refractivity contribution in [3.63, 3.8) is 0 Å². The third-order valence-corrected chi connectivity index (χ3v) is 3.97. The van der Waals surface area contributed by atoms with Crippen LogP contribution in [0.2, 0.25) is 5.02 Å². The summed E-state index contributed by atoms with van der Waals surface area (Å²) in [4.78, 5) is 12.1. The number of carbonyl (C=O) groups excluding carboxylic acids is 1. The Morgan fingerprint density at radius 3 is 2.45 bits per heavy atom. The van der Waals surface area contributed by atoms with Crippen LogP contribution in [0.4, 0.5) is 14.5 Å². The van der Waals surface area contributed by atoms with Gasteiger partial charge in [0.25, 0.3) is 5.91 Å². The van der Waals surface area contributed by atoms with Gasteiger partial charge in [-0.15, -0.1) is 0 Å². The Labute approximate surface area is 135 Å². The highest BCUT2D eigenvalue weighted by Crippen LogP contribution is 2.28. The van der Waals surface area contributed by atoms with Crippen LogP contribution in [-0.4, -0.2) is 5.91 Å². The van der Waals surface area contributed by atoms with Gasteiger partial charge in [-0.2, -0.15) is 0 Å². The maximum absolute atomic E-state index is 13.6. The molecule has 0 aliphatic rings. The first-order chi connectivity index (χ1) is 9.38. The average molecular weight is 425 g/mol. The van der Waals surface area contributed by atoms with E-state index in [-0.39, 0.29) is 15.7 Å². The number of halogens is 5. The predicted octanol–water partition coefficient (Wildman–Crippen LogP) is 5.40. The number of anilines is 1. The Balaban J connectivity index is 2.35. The summed E-state index contributed by atoms with van der Waals surface area (Å²) in [5, 5.41) is 2.75. The summed E-state index contributed by atoms with van der Waals surface area (Å²) in [6.07, 6.45) is 0. The minimum absolute atomic E-state index is 0.113. The summed E-state index contributed by atoms with van der Waals surface area (Å²) >= 11 is 12.0. The van der Waals surface area contributed by atoms with E-state index in [1.165, 1.54) is 6.07 Å². The van der Waals surface area contributed by atoms with Crippen molar-refractivity contribution in [3.05, 3.63) is 61.5 Å². The standard InChI is InChI=1S/C13H6Br2ClF2NO/c14-9-2-1-6(16)3-8(9)13(20)19-12-10(15)4-7(17)5-11(12)18/h1-5H,(H,19,20). The fraction of sp³-hybridized carbons (Fsp3) is 0. The van der Waals surface area contributed by atoms with E-state index in [0.717, 1.165) is 6.07 Å². The van der Waals surface area contributed by atoms with Crippen molar-refractivity contribution in [1.82, 2.24) is 0 Å². The topological polar surface area (TPSA) is 29.1 Å². The molecule has 7 heteroatoms. The molecule has 0 aliphatic carbocycles. The summed E-state index contributed by atoms with van der Waals surface area (Å²) in [6, 6.07) is 6.40. The van der Waals surface area contributed by atoms with Crippen LogP contribution in [0.25, 0.3) is 0 Å². The maximum Gasteiger partial charge on any atom is 0.256 e. The van der Waals surface area contributed by atoms with Crippen molar-refractivity contribution < 1.29 is 13.6 Å². The Hall–Kier alpha value is -0.980. The van der Waals surface area contributed by atoms with Gasteiger partial charge in [-0.25, -0.2) is 8.78 Å². The first kappa shape index (κ1) is 15.4. The van der Waals surface area contributed by atoms with Crippen molar-refractivity contribution in [1.29, 1.82) is 0 Å². The summed E-state index contributed by atoms with van der Waals surface area (Å²) in [7, 11) is 0. The number of amides is 1. The van der Waals surface area contributed by atoms with E-state index in [9.17, 15) is 13.6 Å². The maximum atomic E-state index is 13.6. The Kier molecular flexibility index (Phi) is 4.78. The second-order valence-electron chi connectivity index (χ2n) is 3.82. The van der Waals surface area contributed by atoms with Crippen LogP contribution < -0.4 is 5.32 Å². The molecular weight excluding hydrogens is 419 g/mol. The minimum Gasteiger partial charge on any atom is -0.318 e. The quantitative estimate of drug-likeness (QED) is 0.686. The largest absolute Gasteiger partial charge is 0.318 e. The van der Waals surface area contributed by atoms with E-state index in [2.05, 4.69) is 37.2 Å². The zero-order valence-electron chi connectivity index (χ0n) is 9.68. The monoisotopic (exact) mass is 423 g/mol. The smallest absolute Gasteiger partial charge is 0.256 e. The molecule has 1 N–H and O–H groups in total. The van der Waals surface area contributed by atoms with Crippen molar-refractivity contribution in [2.24, 2.45) is 0 Å². The van der Waals surface area contributed by atoms with E-state index in [4.69, 9.17) is 11.6 Å². The zero-order valence-corrected chi connectivity index (χ0v) is 13.6. The molecule has 2 nitrogen and oxygen atoms in total. The molecule has 0 heterocycles. The fourth-order valence-electron chi connectivity index (χ4n) is 1.51. The second kappa shape index (κ2) is 6.20. The molecular formula is C13H6Br2ClF2NO. The molecule has 20 heavy (non-hydrogen) atoms. The summed E-state index contributed by atoms with van der Waals surface area (Å²) in [6.45, 7) is 0. The fourth-order valence-corrected chi connectivity index (χ4v) is 2.62. The molecule has 2 aromatic carbocycles. The molecule has 0 unspecified atom stereocenters. The molecule has 0 bridgehead atoms. The molecule has 2 aromatic rings. The highest BCUT2D eigenvalue weighted by atomic mass is 79.9. The molecule has 1 amide bonds. The van der Waals surface area contributed by atoms with Gasteiger partial charge in [0, 0.05) is 20.0 Å². The number of rotatable bonds is 2. The molecule has 0 spiro atoms. The molecule has 0 radical (unpaired) electrons. The van der Waals surface area contributed by atoms with Crippen LogP contribution in [0.5, 0.6) is 0 Å². The third-order valence-electron chi connectivity index (χ3n) is 2.42. The molecule has 0 aromatic heterocycles. The van der Waals surface area contributed by atoms with Crippen molar-refractivity contribution in [3.8, 4) is 0 Å². The van der Waals surface area contributed by atoms with Gasteiger partial charge in [0.2, 0.25) is 0 Å². The van der Waals surface area contributed by atoms with Gasteiger partial charge in [0.1, 0.15) is 5.82 Å². The van der Waals surface area contributed by atoms with E-state index < -0.39 is 17.5 Å². The molecule has 0 fully saturated rings. The molecule has 0 saturated carbocycles. The zero-order chi connectivity index (χ0) is 14.9. The summed E-state index contributed by atoms with van der Waals surface area (Å²) in [5.41, 5.74) is 0.108. The van der Waals surface area contributed by atoms with Crippen molar-refractivity contribution >= 4 is 55.1 Å². The van der Waals surface area contributed by atoms with Crippen LogP contribution in [0.1, 0.15) is 10.4 Å². The van der Waals surface area contributed by atoms with Gasteiger partial charge >= 0.3 is 0 Å². The summed E-state index contributed by atoms with van der Waals surface area (Å²) < 4.78 is 27.2.